The van der Waals surface area contributed by atoms with E-state index in [4.69, 9.17) is 46.4 Å². The Kier molecular flexibility index (Phi) is 6.62. The van der Waals surface area contributed by atoms with Crippen LogP contribution in [0.15, 0.2) is 24.3 Å². The van der Waals surface area contributed by atoms with Crippen molar-refractivity contribution in [3.8, 4) is 11.5 Å². The molecule has 0 radical (unpaired) electrons. The second kappa shape index (κ2) is 8.57. The van der Waals surface area contributed by atoms with E-state index in [-0.39, 0.29) is 20.1 Å². The zero-order chi connectivity index (χ0) is 21.2. The summed E-state index contributed by atoms with van der Waals surface area (Å²) in [6.45, 7) is 0. The molecule has 0 unspecified atom stereocenters. The van der Waals surface area contributed by atoms with E-state index in [1.807, 2.05) is 0 Å². The summed E-state index contributed by atoms with van der Waals surface area (Å²) in [7, 11) is 0. The van der Waals surface area contributed by atoms with E-state index < -0.39 is 44.7 Å². The smallest absolute Gasteiger partial charge is 0.416 e. The molecular weight excluding hydrogens is 466 g/mol. The van der Waals surface area contributed by atoms with Crippen molar-refractivity contribution in [3.05, 3.63) is 64.6 Å². The molecule has 0 aliphatic carbocycles. The van der Waals surface area contributed by atoms with E-state index in [1.54, 1.807) is 0 Å². The molecule has 14 heteroatoms. The number of halogens is 4. The van der Waals surface area contributed by atoms with E-state index in [0.717, 1.165) is 24.3 Å². The summed E-state index contributed by atoms with van der Waals surface area (Å²) in [4.78, 5) is 43.7. The van der Waals surface area contributed by atoms with E-state index in [9.17, 15) is 29.8 Å². The first kappa shape index (κ1) is 21.6. The summed E-state index contributed by atoms with van der Waals surface area (Å²) >= 11 is 22.8. The molecule has 10 nitrogen and oxygen atoms in total. The molecule has 0 N–H and O–H groups in total. The van der Waals surface area contributed by atoms with Gasteiger partial charge >= 0.3 is 11.9 Å². The maximum Gasteiger partial charge on any atom is 0.423 e. The van der Waals surface area contributed by atoms with Crippen LogP contribution in [-0.4, -0.2) is 21.8 Å². The van der Waals surface area contributed by atoms with Crippen molar-refractivity contribution in [2.75, 3.05) is 0 Å². The van der Waals surface area contributed by atoms with Gasteiger partial charge in [-0.25, -0.2) is 9.59 Å². The second-order valence-corrected chi connectivity index (χ2v) is 6.39. The fraction of sp³-hybridized carbons (Fsp3) is 0. The van der Waals surface area contributed by atoms with Crippen molar-refractivity contribution >= 4 is 69.7 Å². The molecular formula is C14H4Cl4N2O8. The highest BCUT2D eigenvalue weighted by atomic mass is 35.5. The molecule has 0 saturated carbocycles. The lowest BCUT2D eigenvalue weighted by atomic mass is 10.3. The number of nitro benzene ring substituents is 2. The Labute approximate surface area is 174 Å². The van der Waals surface area contributed by atoms with Crippen LogP contribution in [0, 0.1) is 20.2 Å². The topological polar surface area (TPSA) is 139 Å². The molecule has 0 heterocycles. The lowest BCUT2D eigenvalue weighted by Crippen LogP contribution is -2.25. The van der Waals surface area contributed by atoms with Gasteiger partial charge in [-0.3, -0.25) is 20.2 Å². The van der Waals surface area contributed by atoms with Gasteiger partial charge in [-0.1, -0.05) is 46.4 Å². The third-order valence-electron chi connectivity index (χ3n) is 2.97. The molecule has 0 saturated heterocycles. The van der Waals surface area contributed by atoms with Crippen LogP contribution >= 0.6 is 46.4 Å². The Morgan fingerprint density at radius 2 is 1.00 bits per heavy atom. The maximum atomic E-state index is 11.9. The third-order valence-corrected chi connectivity index (χ3v) is 4.16. The van der Waals surface area contributed by atoms with Crippen molar-refractivity contribution in [2.45, 2.75) is 0 Å². The summed E-state index contributed by atoms with van der Waals surface area (Å²) in [5, 5.41) is 20.5. The van der Waals surface area contributed by atoms with Crippen molar-refractivity contribution in [3.63, 3.8) is 0 Å². The molecule has 0 aliphatic heterocycles. The fourth-order valence-corrected chi connectivity index (χ4v) is 2.74. The minimum Gasteiger partial charge on any atom is -0.416 e. The van der Waals surface area contributed by atoms with Crippen LogP contribution in [0.25, 0.3) is 0 Å². The van der Waals surface area contributed by atoms with Crippen LogP contribution in [0.5, 0.6) is 11.5 Å². The standard InChI is InChI=1S/C14H4Cl4N2O8/c15-5-1-7(17)11(3-9(5)19(23)24)27-13(21)14(22)28-12-4-10(20(25)26)6(16)2-8(12)18/h1-4H. The maximum absolute atomic E-state index is 11.9. The Morgan fingerprint density at radius 3 is 1.29 bits per heavy atom. The van der Waals surface area contributed by atoms with Crippen molar-refractivity contribution in [2.24, 2.45) is 0 Å². The van der Waals surface area contributed by atoms with Gasteiger partial charge in [-0.2, -0.15) is 0 Å². The summed E-state index contributed by atoms with van der Waals surface area (Å²) in [6, 6.07) is 3.34. The average Bonchev–Trinajstić information content (AvgIpc) is 2.58. The van der Waals surface area contributed by atoms with Gasteiger partial charge in [0, 0.05) is 0 Å². The number of hydrogen-bond donors (Lipinski definition) is 0. The summed E-state index contributed by atoms with van der Waals surface area (Å²) in [6.07, 6.45) is 0. The van der Waals surface area contributed by atoms with Gasteiger partial charge in [0.1, 0.15) is 10.0 Å². The molecule has 28 heavy (non-hydrogen) atoms. The van der Waals surface area contributed by atoms with E-state index in [0.29, 0.717) is 0 Å². The molecule has 0 fully saturated rings. The SMILES string of the molecule is O=C(Oc1cc([N+](=O)[O-])c(Cl)cc1Cl)C(=O)Oc1cc([N+](=O)[O-])c(Cl)cc1Cl. The number of nitrogens with zero attached hydrogens (tertiary/aromatic N) is 2. The van der Waals surface area contributed by atoms with Gasteiger partial charge in [0.25, 0.3) is 11.4 Å². The highest BCUT2D eigenvalue weighted by molar-refractivity contribution is 6.38. The average molecular weight is 470 g/mol. The van der Waals surface area contributed by atoms with Crippen LogP contribution in [-0.2, 0) is 9.59 Å². The monoisotopic (exact) mass is 468 g/mol. The molecule has 0 aliphatic rings. The summed E-state index contributed by atoms with van der Waals surface area (Å²) in [5.41, 5.74) is -1.25. The number of hydrogen-bond acceptors (Lipinski definition) is 8. The Morgan fingerprint density at radius 1 is 0.679 bits per heavy atom. The highest BCUT2D eigenvalue weighted by Gasteiger charge is 2.26. The van der Waals surface area contributed by atoms with Crippen molar-refractivity contribution in [1.82, 2.24) is 0 Å². The summed E-state index contributed by atoms with van der Waals surface area (Å²) in [5.74, 6) is -4.33. The van der Waals surface area contributed by atoms with E-state index >= 15 is 0 Å². The Balaban J connectivity index is 2.24. The lowest BCUT2D eigenvalue weighted by Gasteiger charge is -2.08. The fourth-order valence-electron chi connectivity index (χ4n) is 1.76. The molecule has 0 spiro atoms. The lowest BCUT2D eigenvalue weighted by molar-refractivity contribution is -0.384. The zero-order valence-electron chi connectivity index (χ0n) is 13.0. The Bertz CT molecular complexity index is 945. The number of ether oxygens (including phenoxy) is 2. The molecule has 2 aromatic rings. The van der Waals surface area contributed by atoms with Gasteiger partial charge in [-0.05, 0) is 12.1 Å². The molecule has 146 valence electrons. The minimum atomic E-state index is -1.63. The minimum absolute atomic E-state index is 0.295. The molecule has 0 aromatic heterocycles. The molecule has 0 bridgehead atoms. The predicted molar refractivity (Wildman–Crippen MR) is 97.5 cm³/mol. The van der Waals surface area contributed by atoms with Gasteiger partial charge in [-0.15, -0.1) is 0 Å². The predicted octanol–water partition coefficient (Wildman–Crippen LogP) is 4.63. The van der Waals surface area contributed by atoms with Crippen molar-refractivity contribution in [1.29, 1.82) is 0 Å². The third kappa shape index (κ3) is 4.78. The Hall–Kier alpha value is -2.66. The normalized spacial score (nSPS) is 10.3. The molecule has 2 aromatic carbocycles. The first-order valence-electron chi connectivity index (χ1n) is 6.72. The van der Waals surface area contributed by atoms with Gasteiger partial charge in [0.05, 0.1) is 32.0 Å². The number of nitro groups is 2. The number of carbonyl (C=O) groups is 2. The highest BCUT2D eigenvalue weighted by Crippen LogP contribution is 2.37. The molecule has 0 amide bonds. The van der Waals surface area contributed by atoms with Crippen LogP contribution in [0.4, 0.5) is 11.4 Å². The largest absolute Gasteiger partial charge is 0.423 e. The zero-order valence-corrected chi connectivity index (χ0v) is 16.0. The van der Waals surface area contributed by atoms with Gasteiger partial charge in [0.15, 0.2) is 11.5 Å². The number of esters is 2. The first-order chi connectivity index (χ1) is 13.0. The van der Waals surface area contributed by atoms with E-state index in [1.165, 1.54) is 0 Å². The van der Waals surface area contributed by atoms with E-state index in [2.05, 4.69) is 9.47 Å². The van der Waals surface area contributed by atoms with Crippen LogP contribution < -0.4 is 9.47 Å². The van der Waals surface area contributed by atoms with Gasteiger partial charge in [0.2, 0.25) is 0 Å². The van der Waals surface area contributed by atoms with Crippen LogP contribution in [0.1, 0.15) is 0 Å². The van der Waals surface area contributed by atoms with Gasteiger partial charge < -0.3 is 9.47 Å². The molecule has 2 rings (SSSR count). The number of benzene rings is 2. The van der Waals surface area contributed by atoms with Crippen molar-refractivity contribution < 1.29 is 28.9 Å². The quantitative estimate of drug-likeness (QED) is 0.207. The second-order valence-electron chi connectivity index (χ2n) is 4.76. The summed E-state index contributed by atoms with van der Waals surface area (Å²) < 4.78 is 9.31. The first-order valence-corrected chi connectivity index (χ1v) is 8.23. The number of carbonyl (C=O) groups excluding carboxylic acids is 2. The van der Waals surface area contributed by atoms with Crippen LogP contribution in [0.3, 0.4) is 0 Å². The number of rotatable bonds is 4. The van der Waals surface area contributed by atoms with Crippen LogP contribution in [0.2, 0.25) is 20.1 Å². The molecule has 0 atom stereocenters.